The van der Waals surface area contributed by atoms with Gasteiger partial charge in [-0.15, -0.1) is 0 Å². The number of carbonyl (C=O) groups is 1. The molecule has 1 aromatic carbocycles. The van der Waals surface area contributed by atoms with Gasteiger partial charge in [-0.25, -0.2) is 13.1 Å². The van der Waals surface area contributed by atoms with Gasteiger partial charge in [0.25, 0.3) is 5.56 Å². The molecule has 1 saturated heterocycles. The maximum Gasteiger partial charge on any atom is 0.267 e. The molecule has 3 rings (SSSR count). The van der Waals surface area contributed by atoms with Crippen LogP contribution < -0.4 is 10.9 Å². The van der Waals surface area contributed by atoms with Gasteiger partial charge in [-0.1, -0.05) is 15.9 Å². The molecule has 0 bridgehead atoms. The van der Waals surface area contributed by atoms with Crippen LogP contribution in [0.1, 0.15) is 12.8 Å². The molecule has 10 heteroatoms. The molecule has 0 saturated carbocycles. The molecule has 0 unspecified atom stereocenters. The quantitative estimate of drug-likeness (QED) is 0.699. The van der Waals surface area contributed by atoms with E-state index in [0.717, 1.165) is 34.1 Å². The molecule has 0 aliphatic carbocycles. The van der Waals surface area contributed by atoms with Gasteiger partial charge >= 0.3 is 0 Å². The van der Waals surface area contributed by atoms with Crippen LogP contribution in [-0.4, -0.2) is 43.4 Å². The Bertz CT molecular complexity index is 982. The van der Waals surface area contributed by atoms with Gasteiger partial charge < -0.3 is 10.1 Å². The summed E-state index contributed by atoms with van der Waals surface area (Å²) in [7, 11) is -3.90. The minimum absolute atomic E-state index is 0.0252. The number of halogens is 1. The first-order valence-corrected chi connectivity index (χ1v) is 10.6. The van der Waals surface area contributed by atoms with Crippen LogP contribution in [0.4, 0.5) is 0 Å². The molecule has 1 fully saturated rings. The first kappa shape index (κ1) is 19.7. The van der Waals surface area contributed by atoms with E-state index in [0.29, 0.717) is 13.2 Å². The molecule has 27 heavy (non-hydrogen) atoms. The van der Waals surface area contributed by atoms with E-state index < -0.39 is 21.3 Å². The van der Waals surface area contributed by atoms with Gasteiger partial charge in [0.05, 0.1) is 11.0 Å². The highest BCUT2D eigenvalue weighted by Crippen LogP contribution is 2.20. The Morgan fingerprint density at radius 1 is 1.26 bits per heavy atom. The first-order chi connectivity index (χ1) is 12.9. The molecule has 2 heterocycles. The lowest BCUT2D eigenvalue weighted by Crippen LogP contribution is -2.37. The lowest BCUT2D eigenvalue weighted by molar-refractivity contribution is -0.122. The van der Waals surface area contributed by atoms with Crippen molar-refractivity contribution in [1.82, 2.24) is 15.1 Å². The van der Waals surface area contributed by atoms with E-state index in [9.17, 15) is 18.0 Å². The Labute approximate surface area is 164 Å². The molecule has 8 nitrogen and oxygen atoms in total. The van der Waals surface area contributed by atoms with Crippen molar-refractivity contribution in [1.29, 1.82) is 0 Å². The molecular formula is C17H18BrN3O5S. The van der Waals surface area contributed by atoms with E-state index in [1.54, 1.807) is 12.1 Å². The Balaban J connectivity index is 1.76. The second-order valence-corrected chi connectivity index (χ2v) is 8.88. The maximum absolute atomic E-state index is 12.7. The van der Waals surface area contributed by atoms with Gasteiger partial charge in [0, 0.05) is 23.7 Å². The number of hydrogen-bond acceptors (Lipinski definition) is 6. The van der Waals surface area contributed by atoms with Crippen molar-refractivity contribution in [2.45, 2.75) is 35.4 Å². The molecule has 1 N–H and O–H groups in total. The number of benzene rings is 1. The van der Waals surface area contributed by atoms with Gasteiger partial charge in [-0.2, -0.15) is 5.10 Å². The van der Waals surface area contributed by atoms with Gasteiger partial charge in [0.1, 0.15) is 6.54 Å². The minimum Gasteiger partial charge on any atom is -0.376 e. The standard InChI is InChI=1S/C17H18BrN3O5S/c18-12-3-5-14(6-4-12)27(24,25)16-7-8-17(23)21(20-16)11-15(22)19-10-13-2-1-9-26-13/h3-8,13H,1-2,9-11H2,(H,19,22)/t13-/m0/s1. The normalized spacial score (nSPS) is 17.0. The molecule has 1 amide bonds. The fourth-order valence-corrected chi connectivity index (χ4v) is 4.10. The lowest BCUT2D eigenvalue weighted by Gasteiger charge is -2.11. The molecule has 1 aliphatic heterocycles. The molecule has 1 aliphatic rings. The van der Waals surface area contributed by atoms with Crippen LogP contribution in [-0.2, 0) is 25.9 Å². The predicted octanol–water partition coefficient (Wildman–Crippen LogP) is 1.13. The van der Waals surface area contributed by atoms with Crippen LogP contribution in [0.15, 0.2) is 55.6 Å². The number of sulfone groups is 1. The van der Waals surface area contributed by atoms with E-state index >= 15 is 0 Å². The van der Waals surface area contributed by atoms with Crippen molar-refractivity contribution in [3.63, 3.8) is 0 Å². The van der Waals surface area contributed by atoms with Crippen molar-refractivity contribution in [2.75, 3.05) is 13.2 Å². The zero-order valence-electron chi connectivity index (χ0n) is 14.3. The Kier molecular flexibility index (Phi) is 6.08. The Morgan fingerprint density at radius 2 is 2.00 bits per heavy atom. The van der Waals surface area contributed by atoms with Crippen LogP contribution in [0.5, 0.6) is 0 Å². The Morgan fingerprint density at radius 3 is 2.67 bits per heavy atom. The second kappa shape index (κ2) is 8.32. The van der Waals surface area contributed by atoms with E-state index in [-0.39, 0.29) is 22.6 Å². The molecule has 0 spiro atoms. The summed E-state index contributed by atoms with van der Waals surface area (Å²) in [5.41, 5.74) is -0.558. The third-order valence-corrected chi connectivity index (χ3v) is 6.28. The van der Waals surface area contributed by atoms with Crippen molar-refractivity contribution in [3.05, 3.63) is 51.2 Å². The summed E-state index contributed by atoms with van der Waals surface area (Å²) >= 11 is 3.25. The third kappa shape index (κ3) is 4.82. The van der Waals surface area contributed by atoms with E-state index in [4.69, 9.17) is 4.74 Å². The van der Waals surface area contributed by atoms with E-state index in [1.807, 2.05) is 0 Å². The molecular weight excluding hydrogens is 438 g/mol. The van der Waals surface area contributed by atoms with E-state index in [2.05, 4.69) is 26.3 Å². The number of rotatable bonds is 6. The van der Waals surface area contributed by atoms with Crippen molar-refractivity contribution in [2.24, 2.45) is 0 Å². The number of carbonyl (C=O) groups excluding carboxylic acids is 1. The molecule has 0 radical (unpaired) electrons. The monoisotopic (exact) mass is 455 g/mol. The molecule has 2 aromatic rings. The van der Waals surface area contributed by atoms with Crippen LogP contribution in [0.3, 0.4) is 0 Å². The summed E-state index contributed by atoms with van der Waals surface area (Å²) in [6.07, 6.45) is 1.81. The molecule has 144 valence electrons. The average Bonchev–Trinajstić information content (AvgIpc) is 3.16. The third-order valence-electron chi connectivity index (χ3n) is 4.09. The first-order valence-electron chi connectivity index (χ1n) is 8.33. The van der Waals surface area contributed by atoms with Crippen molar-refractivity contribution < 1.29 is 17.9 Å². The number of aromatic nitrogens is 2. The minimum atomic E-state index is -3.90. The fourth-order valence-electron chi connectivity index (χ4n) is 2.65. The fraction of sp³-hybridized carbons (Fsp3) is 0.353. The van der Waals surface area contributed by atoms with Crippen LogP contribution in [0.2, 0.25) is 0 Å². The number of hydrogen-bond donors (Lipinski definition) is 1. The van der Waals surface area contributed by atoms with Crippen molar-refractivity contribution in [3.8, 4) is 0 Å². The smallest absolute Gasteiger partial charge is 0.267 e. The number of nitrogens with one attached hydrogen (secondary N) is 1. The van der Waals surface area contributed by atoms with Gasteiger partial charge in [0.15, 0.2) is 5.03 Å². The zero-order valence-corrected chi connectivity index (χ0v) is 16.7. The largest absolute Gasteiger partial charge is 0.376 e. The Hall–Kier alpha value is -2.04. The number of amides is 1. The summed E-state index contributed by atoms with van der Waals surface area (Å²) in [6, 6.07) is 8.30. The topological polar surface area (TPSA) is 107 Å². The van der Waals surface area contributed by atoms with Crippen LogP contribution in [0, 0.1) is 0 Å². The van der Waals surface area contributed by atoms with Gasteiger partial charge in [0.2, 0.25) is 15.7 Å². The molecule has 1 atom stereocenters. The molecule has 1 aromatic heterocycles. The van der Waals surface area contributed by atoms with Crippen LogP contribution in [0.25, 0.3) is 0 Å². The summed E-state index contributed by atoms with van der Waals surface area (Å²) < 4.78 is 32.4. The SMILES string of the molecule is O=C(Cn1nc(S(=O)(=O)c2ccc(Br)cc2)ccc1=O)NC[C@@H]1CCCO1. The van der Waals surface area contributed by atoms with Crippen LogP contribution >= 0.6 is 15.9 Å². The lowest BCUT2D eigenvalue weighted by atomic mass is 10.2. The highest BCUT2D eigenvalue weighted by molar-refractivity contribution is 9.10. The second-order valence-electron chi connectivity index (χ2n) is 6.06. The zero-order chi connectivity index (χ0) is 19.4. The van der Waals surface area contributed by atoms with Gasteiger partial charge in [-0.05, 0) is 43.2 Å². The summed E-state index contributed by atoms with van der Waals surface area (Å²) in [6.45, 7) is 0.664. The average molecular weight is 456 g/mol. The predicted molar refractivity (Wildman–Crippen MR) is 100 cm³/mol. The summed E-state index contributed by atoms with van der Waals surface area (Å²) in [5, 5.41) is 6.26. The highest BCUT2D eigenvalue weighted by Gasteiger charge is 2.21. The highest BCUT2D eigenvalue weighted by atomic mass is 79.9. The van der Waals surface area contributed by atoms with E-state index in [1.165, 1.54) is 12.1 Å². The number of nitrogens with zero attached hydrogens (tertiary/aromatic N) is 2. The summed E-state index contributed by atoms with van der Waals surface area (Å²) in [5.74, 6) is -0.432. The summed E-state index contributed by atoms with van der Waals surface area (Å²) in [4.78, 5) is 24.1. The van der Waals surface area contributed by atoms with Crippen molar-refractivity contribution >= 4 is 31.7 Å². The maximum atomic E-state index is 12.7. The van der Waals surface area contributed by atoms with Gasteiger partial charge in [-0.3, -0.25) is 9.59 Å². The number of ether oxygens (including phenoxy) is 1.